The van der Waals surface area contributed by atoms with Crippen LogP contribution in [0.5, 0.6) is 0 Å². The van der Waals surface area contributed by atoms with Crippen molar-refractivity contribution < 1.29 is 19.8 Å². The van der Waals surface area contributed by atoms with Crippen LogP contribution >= 0.6 is 0 Å². The van der Waals surface area contributed by atoms with E-state index in [1.165, 1.54) is 0 Å². The molecule has 0 fully saturated rings. The molecule has 0 bridgehead atoms. The minimum Gasteiger partial charge on any atom is -0.478 e. The molecule has 5 heteroatoms. The first-order valence-corrected chi connectivity index (χ1v) is 4.75. The maximum atomic E-state index is 11.3. The highest BCUT2D eigenvalue weighted by atomic mass is 16.4. The summed E-state index contributed by atoms with van der Waals surface area (Å²) in [4.78, 5) is 21.5. The maximum absolute atomic E-state index is 11.3. The molecule has 1 rings (SSSR count). The fourth-order valence-electron chi connectivity index (χ4n) is 1.16. The zero-order chi connectivity index (χ0) is 12.1. The molecule has 0 aromatic heterocycles. The second-order valence-electron chi connectivity index (χ2n) is 3.47. The Morgan fingerprint density at radius 3 is 2.38 bits per heavy atom. The summed E-state index contributed by atoms with van der Waals surface area (Å²) in [6.07, 6.45) is -1.80. The summed E-state index contributed by atoms with van der Waals surface area (Å²) in [5.41, 5.74) is 1.84. The molecule has 0 unspecified atom stereocenters. The van der Waals surface area contributed by atoms with Gasteiger partial charge in [-0.3, -0.25) is 4.79 Å². The Kier molecular flexibility index (Phi) is 4.02. The third-order valence-electron chi connectivity index (χ3n) is 2.02. The van der Waals surface area contributed by atoms with Gasteiger partial charge in [0, 0.05) is 0 Å². The number of rotatable bonds is 4. The van der Waals surface area contributed by atoms with Gasteiger partial charge >= 0.3 is 5.97 Å². The van der Waals surface area contributed by atoms with Gasteiger partial charge in [0.2, 0.25) is 12.1 Å². The van der Waals surface area contributed by atoms with Crippen molar-refractivity contribution in [3.8, 4) is 0 Å². The van der Waals surface area contributed by atoms with Crippen molar-refractivity contribution in [3.63, 3.8) is 0 Å². The Balaban J connectivity index is 2.52. The van der Waals surface area contributed by atoms with Crippen LogP contribution in [0, 0.1) is 6.92 Å². The Labute approximate surface area is 92.7 Å². The quantitative estimate of drug-likeness (QED) is 0.630. The first kappa shape index (κ1) is 12.2. The summed E-state index contributed by atoms with van der Waals surface area (Å²) < 4.78 is 0. The lowest BCUT2D eigenvalue weighted by Crippen LogP contribution is -2.41. The highest BCUT2D eigenvalue weighted by molar-refractivity contribution is 5.83. The molecule has 0 aliphatic rings. The number of aryl methyl sites for hydroxylation is 1. The predicted octanol–water partition coefficient (Wildman–Crippen LogP) is 0.0567. The molecule has 0 aliphatic carbocycles. The molecule has 1 aromatic carbocycles. The number of benzene rings is 1. The van der Waals surface area contributed by atoms with Crippen molar-refractivity contribution in [1.82, 2.24) is 5.32 Å². The van der Waals surface area contributed by atoms with Crippen molar-refractivity contribution in [2.75, 3.05) is 0 Å². The number of aliphatic hydroxyl groups is 1. The van der Waals surface area contributed by atoms with E-state index in [1.54, 1.807) is 12.1 Å². The Hall–Kier alpha value is -1.88. The lowest BCUT2D eigenvalue weighted by molar-refractivity contribution is -0.151. The third kappa shape index (κ3) is 3.70. The van der Waals surface area contributed by atoms with Gasteiger partial charge in [-0.05, 0) is 12.5 Å². The first-order valence-electron chi connectivity index (χ1n) is 4.75. The number of nitrogens with one attached hydrogen (secondary N) is 1. The summed E-state index contributed by atoms with van der Waals surface area (Å²) in [6.45, 7) is 1.93. The molecule has 0 radical (unpaired) electrons. The summed E-state index contributed by atoms with van der Waals surface area (Å²) >= 11 is 0. The van der Waals surface area contributed by atoms with E-state index in [0.717, 1.165) is 11.1 Å². The maximum Gasteiger partial charge on any atom is 0.353 e. The second kappa shape index (κ2) is 5.27. The number of carboxylic acid groups (broad SMARTS) is 1. The van der Waals surface area contributed by atoms with Crippen LogP contribution in [-0.4, -0.2) is 28.3 Å². The molecule has 0 saturated heterocycles. The lowest BCUT2D eigenvalue weighted by Gasteiger charge is -2.08. The van der Waals surface area contributed by atoms with Crippen LogP contribution in [0.3, 0.4) is 0 Å². The van der Waals surface area contributed by atoms with E-state index < -0.39 is 18.1 Å². The molecule has 3 N–H and O–H groups in total. The molecule has 0 aliphatic heterocycles. The summed E-state index contributed by atoms with van der Waals surface area (Å²) in [5, 5.41) is 19.2. The largest absolute Gasteiger partial charge is 0.478 e. The molecule has 16 heavy (non-hydrogen) atoms. The van der Waals surface area contributed by atoms with Gasteiger partial charge in [0.25, 0.3) is 0 Å². The first-order chi connectivity index (χ1) is 7.49. The molecule has 1 aromatic rings. The van der Waals surface area contributed by atoms with Crippen LogP contribution in [0.25, 0.3) is 0 Å². The molecule has 1 amide bonds. The standard InChI is InChI=1S/C11H13NO4/c1-7-2-4-8(5-3-7)6-9(13)12-10(14)11(15)16/h2-5,10,14H,6H2,1H3,(H,12,13)(H,15,16)/t10-/m1/s1. The van der Waals surface area contributed by atoms with Gasteiger partial charge in [-0.25, -0.2) is 4.79 Å². The Morgan fingerprint density at radius 2 is 1.88 bits per heavy atom. The monoisotopic (exact) mass is 223 g/mol. The number of aliphatic carboxylic acids is 1. The molecule has 0 saturated carbocycles. The van der Waals surface area contributed by atoms with E-state index in [1.807, 2.05) is 24.4 Å². The van der Waals surface area contributed by atoms with E-state index in [2.05, 4.69) is 0 Å². The van der Waals surface area contributed by atoms with E-state index in [0.29, 0.717) is 0 Å². The fraction of sp³-hybridized carbons (Fsp3) is 0.273. The van der Waals surface area contributed by atoms with Gasteiger partial charge in [-0.2, -0.15) is 0 Å². The predicted molar refractivity (Wildman–Crippen MR) is 56.7 cm³/mol. The number of amides is 1. The van der Waals surface area contributed by atoms with Crippen LogP contribution in [0.4, 0.5) is 0 Å². The zero-order valence-corrected chi connectivity index (χ0v) is 8.80. The van der Waals surface area contributed by atoms with Gasteiger partial charge in [0.15, 0.2) is 0 Å². The summed E-state index contributed by atoms with van der Waals surface area (Å²) in [6, 6.07) is 7.27. The summed E-state index contributed by atoms with van der Waals surface area (Å²) in [7, 11) is 0. The Morgan fingerprint density at radius 1 is 1.31 bits per heavy atom. The summed E-state index contributed by atoms with van der Waals surface area (Å²) in [5.74, 6) is -2.00. The molecule has 5 nitrogen and oxygen atoms in total. The van der Waals surface area contributed by atoms with Gasteiger partial charge in [0.05, 0.1) is 6.42 Å². The number of hydrogen-bond donors (Lipinski definition) is 3. The van der Waals surface area contributed by atoms with Crippen molar-refractivity contribution in [1.29, 1.82) is 0 Å². The smallest absolute Gasteiger partial charge is 0.353 e. The minimum absolute atomic E-state index is 0.0462. The number of carbonyl (C=O) groups excluding carboxylic acids is 1. The van der Waals surface area contributed by atoms with E-state index in [-0.39, 0.29) is 6.42 Å². The van der Waals surface area contributed by atoms with Crippen LogP contribution < -0.4 is 5.32 Å². The molecular weight excluding hydrogens is 210 g/mol. The van der Waals surface area contributed by atoms with Gasteiger partial charge in [0.1, 0.15) is 0 Å². The fourth-order valence-corrected chi connectivity index (χ4v) is 1.16. The van der Waals surface area contributed by atoms with Crippen LogP contribution in [0.15, 0.2) is 24.3 Å². The van der Waals surface area contributed by atoms with Gasteiger partial charge < -0.3 is 15.5 Å². The normalized spacial score (nSPS) is 11.9. The van der Waals surface area contributed by atoms with Crippen LogP contribution in [-0.2, 0) is 16.0 Å². The van der Waals surface area contributed by atoms with Crippen LogP contribution in [0.1, 0.15) is 11.1 Å². The topological polar surface area (TPSA) is 86.6 Å². The van der Waals surface area contributed by atoms with E-state index >= 15 is 0 Å². The number of carbonyl (C=O) groups is 2. The zero-order valence-electron chi connectivity index (χ0n) is 8.80. The van der Waals surface area contributed by atoms with Crippen molar-refractivity contribution >= 4 is 11.9 Å². The number of aliphatic hydroxyl groups excluding tert-OH is 1. The Bertz CT molecular complexity index is 385. The lowest BCUT2D eigenvalue weighted by atomic mass is 10.1. The second-order valence-corrected chi connectivity index (χ2v) is 3.47. The molecule has 86 valence electrons. The average Bonchev–Trinajstić information content (AvgIpc) is 2.21. The van der Waals surface area contributed by atoms with Crippen molar-refractivity contribution in [3.05, 3.63) is 35.4 Å². The average molecular weight is 223 g/mol. The molecule has 1 atom stereocenters. The molecule has 0 heterocycles. The van der Waals surface area contributed by atoms with Gasteiger partial charge in [-0.1, -0.05) is 29.8 Å². The highest BCUT2D eigenvalue weighted by Crippen LogP contribution is 2.03. The number of carboxylic acids is 1. The van der Waals surface area contributed by atoms with E-state index in [9.17, 15) is 9.59 Å². The van der Waals surface area contributed by atoms with Crippen LogP contribution in [0.2, 0.25) is 0 Å². The van der Waals surface area contributed by atoms with Crippen molar-refractivity contribution in [2.45, 2.75) is 19.6 Å². The molecule has 0 spiro atoms. The highest BCUT2D eigenvalue weighted by Gasteiger charge is 2.15. The molecular formula is C11H13NO4. The van der Waals surface area contributed by atoms with Crippen molar-refractivity contribution in [2.24, 2.45) is 0 Å². The van der Waals surface area contributed by atoms with Gasteiger partial charge in [-0.15, -0.1) is 0 Å². The van der Waals surface area contributed by atoms with E-state index in [4.69, 9.17) is 10.2 Å². The number of hydrogen-bond acceptors (Lipinski definition) is 3. The SMILES string of the molecule is Cc1ccc(CC(=O)N[C@H](O)C(=O)O)cc1. The third-order valence-corrected chi connectivity index (χ3v) is 2.02. The minimum atomic E-state index is -1.85.